The number of esters is 1. The monoisotopic (exact) mass is 504 g/mol. The van der Waals surface area contributed by atoms with Gasteiger partial charge in [0.05, 0.1) is 6.61 Å². The molecule has 3 rings (SSSR count). The zero-order valence-corrected chi connectivity index (χ0v) is 22.0. The van der Waals surface area contributed by atoms with Crippen LogP contribution in [0, 0.1) is 13.8 Å². The molecule has 0 saturated carbocycles. The lowest BCUT2D eigenvalue weighted by Crippen LogP contribution is -2.26. The van der Waals surface area contributed by atoms with Crippen LogP contribution in [-0.4, -0.2) is 41.6 Å². The van der Waals surface area contributed by atoms with E-state index in [1.54, 1.807) is 31.2 Å². The SMILES string of the molecule is CCCN(CCc1ccccc1)Cc1cc(Oc2c(C)cc(NC(=O)C(=O)OCC)cc2C)ccc1O. The molecule has 0 spiro atoms. The Hall–Kier alpha value is -3.84. The molecule has 0 heterocycles. The molecule has 0 fully saturated rings. The number of phenols is 1. The number of phenolic OH excluding ortho intramolecular Hbond substituents is 1. The van der Waals surface area contributed by atoms with Crippen molar-refractivity contribution in [3.8, 4) is 17.2 Å². The Bertz CT molecular complexity index is 1190. The molecule has 0 aromatic heterocycles. The van der Waals surface area contributed by atoms with E-state index in [0.29, 0.717) is 23.7 Å². The quantitative estimate of drug-likeness (QED) is 0.255. The highest BCUT2D eigenvalue weighted by Crippen LogP contribution is 2.33. The summed E-state index contributed by atoms with van der Waals surface area (Å²) >= 11 is 0. The molecule has 0 aliphatic rings. The van der Waals surface area contributed by atoms with Crippen LogP contribution in [-0.2, 0) is 27.3 Å². The molecule has 7 heteroatoms. The van der Waals surface area contributed by atoms with Gasteiger partial charge in [-0.3, -0.25) is 9.69 Å². The van der Waals surface area contributed by atoms with Gasteiger partial charge in [-0.1, -0.05) is 37.3 Å². The van der Waals surface area contributed by atoms with E-state index in [9.17, 15) is 14.7 Å². The molecule has 0 aliphatic heterocycles. The molecule has 37 heavy (non-hydrogen) atoms. The Morgan fingerprint density at radius 2 is 1.65 bits per heavy atom. The normalized spacial score (nSPS) is 10.8. The molecule has 0 bridgehead atoms. The second-order valence-corrected chi connectivity index (χ2v) is 9.02. The maximum absolute atomic E-state index is 12.0. The van der Waals surface area contributed by atoms with Gasteiger partial charge in [-0.2, -0.15) is 0 Å². The molecular formula is C30H36N2O5. The van der Waals surface area contributed by atoms with Gasteiger partial charge in [0.2, 0.25) is 0 Å². The average Bonchev–Trinajstić information content (AvgIpc) is 2.87. The van der Waals surface area contributed by atoms with Crippen LogP contribution in [0.3, 0.4) is 0 Å². The van der Waals surface area contributed by atoms with Gasteiger partial charge < -0.3 is 19.9 Å². The van der Waals surface area contributed by atoms with Crippen molar-refractivity contribution in [3.05, 3.63) is 82.9 Å². The lowest BCUT2D eigenvalue weighted by molar-refractivity contribution is -0.152. The highest BCUT2D eigenvalue weighted by Gasteiger charge is 2.17. The van der Waals surface area contributed by atoms with Crippen molar-refractivity contribution in [2.24, 2.45) is 0 Å². The molecule has 0 unspecified atom stereocenters. The summed E-state index contributed by atoms with van der Waals surface area (Å²) in [5.41, 5.74) is 4.17. The van der Waals surface area contributed by atoms with E-state index in [1.807, 2.05) is 26.0 Å². The van der Waals surface area contributed by atoms with Crippen molar-refractivity contribution >= 4 is 17.6 Å². The topological polar surface area (TPSA) is 88.1 Å². The molecule has 3 aromatic rings. The van der Waals surface area contributed by atoms with Crippen LogP contribution in [0.15, 0.2) is 60.7 Å². The number of aryl methyl sites for hydroxylation is 2. The van der Waals surface area contributed by atoms with E-state index in [2.05, 4.69) is 41.4 Å². The minimum absolute atomic E-state index is 0.134. The maximum atomic E-state index is 12.0. The number of hydrogen-bond acceptors (Lipinski definition) is 6. The summed E-state index contributed by atoms with van der Waals surface area (Å²) < 4.78 is 11.0. The molecule has 0 atom stereocenters. The molecule has 196 valence electrons. The fraction of sp³-hybridized carbons (Fsp3) is 0.333. The van der Waals surface area contributed by atoms with Crippen LogP contribution in [0.25, 0.3) is 0 Å². The first-order valence-electron chi connectivity index (χ1n) is 12.7. The third-order valence-electron chi connectivity index (χ3n) is 5.94. The van der Waals surface area contributed by atoms with Gasteiger partial charge in [0.15, 0.2) is 0 Å². The third-order valence-corrected chi connectivity index (χ3v) is 5.94. The van der Waals surface area contributed by atoms with E-state index in [1.165, 1.54) is 5.56 Å². The van der Waals surface area contributed by atoms with Crippen LogP contribution in [0.4, 0.5) is 5.69 Å². The van der Waals surface area contributed by atoms with Crippen LogP contribution < -0.4 is 10.1 Å². The van der Waals surface area contributed by atoms with Crippen molar-refractivity contribution in [3.63, 3.8) is 0 Å². The average molecular weight is 505 g/mol. The number of anilines is 1. The van der Waals surface area contributed by atoms with Gasteiger partial charge in [-0.15, -0.1) is 0 Å². The number of hydrogen-bond donors (Lipinski definition) is 2. The van der Waals surface area contributed by atoms with Crippen molar-refractivity contribution in [2.75, 3.05) is 25.0 Å². The van der Waals surface area contributed by atoms with Crippen molar-refractivity contribution in [1.82, 2.24) is 4.90 Å². The number of nitrogens with one attached hydrogen (secondary N) is 1. The number of nitrogens with zero attached hydrogens (tertiary/aromatic N) is 1. The second kappa shape index (κ2) is 13.5. The number of benzene rings is 3. The smallest absolute Gasteiger partial charge is 0.397 e. The number of amides is 1. The summed E-state index contributed by atoms with van der Waals surface area (Å²) in [7, 11) is 0. The Balaban J connectivity index is 1.72. The number of aromatic hydroxyl groups is 1. The zero-order chi connectivity index (χ0) is 26.8. The molecule has 0 aliphatic carbocycles. The largest absolute Gasteiger partial charge is 0.508 e. The number of ether oxygens (including phenoxy) is 2. The zero-order valence-electron chi connectivity index (χ0n) is 22.0. The van der Waals surface area contributed by atoms with E-state index < -0.39 is 11.9 Å². The first kappa shape index (κ1) is 27.7. The van der Waals surface area contributed by atoms with Crippen LogP contribution in [0.2, 0.25) is 0 Å². The molecule has 3 aromatic carbocycles. The third kappa shape index (κ3) is 8.08. The van der Waals surface area contributed by atoms with Gasteiger partial charge in [-0.25, -0.2) is 4.79 Å². The summed E-state index contributed by atoms with van der Waals surface area (Å²) in [4.78, 5) is 26.0. The number of carbonyl (C=O) groups excluding carboxylic acids is 2. The molecule has 0 radical (unpaired) electrons. The first-order chi connectivity index (χ1) is 17.8. The maximum Gasteiger partial charge on any atom is 0.397 e. The lowest BCUT2D eigenvalue weighted by Gasteiger charge is -2.23. The van der Waals surface area contributed by atoms with Gasteiger partial charge in [0.1, 0.15) is 17.2 Å². The molecule has 1 amide bonds. The standard InChI is InChI=1S/C30H36N2O5/c1-5-15-32(16-14-23-10-8-7-9-11-23)20-24-19-26(12-13-27(24)33)37-28-21(3)17-25(18-22(28)4)31-29(34)30(35)36-6-2/h7-13,17-19,33H,5-6,14-16,20H2,1-4H3,(H,31,34). The second-order valence-electron chi connectivity index (χ2n) is 9.02. The van der Waals surface area contributed by atoms with Crippen molar-refractivity contribution in [2.45, 2.75) is 47.1 Å². The van der Waals surface area contributed by atoms with Crippen molar-refractivity contribution in [1.29, 1.82) is 0 Å². The first-order valence-corrected chi connectivity index (χ1v) is 12.7. The van der Waals surface area contributed by atoms with Gasteiger partial charge >= 0.3 is 11.9 Å². The van der Waals surface area contributed by atoms with E-state index in [-0.39, 0.29) is 12.4 Å². The fourth-order valence-electron chi connectivity index (χ4n) is 4.19. The molecule has 7 nitrogen and oxygen atoms in total. The highest BCUT2D eigenvalue weighted by atomic mass is 16.5. The summed E-state index contributed by atoms with van der Waals surface area (Å²) in [5.74, 6) is -0.238. The Kier molecular flexibility index (Phi) is 10.1. The van der Waals surface area contributed by atoms with Gasteiger partial charge in [0, 0.05) is 24.3 Å². The molecular weight excluding hydrogens is 468 g/mol. The summed E-state index contributed by atoms with van der Waals surface area (Å²) in [6.45, 7) is 10.1. The van der Waals surface area contributed by atoms with E-state index in [0.717, 1.165) is 42.6 Å². The highest BCUT2D eigenvalue weighted by molar-refractivity contribution is 6.37. The van der Waals surface area contributed by atoms with Crippen LogP contribution in [0.1, 0.15) is 42.5 Å². The van der Waals surface area contributed by atoms with E-state index in [4.69, 9.17) is 9.47 Å². The van der Waals surface area contributed by atoms with Crippen LogP contribution >= 0.6 is 0 Å². The van der Waals surface area contributed by atoms with Crippen LogP contribution in [0.5, 0.6) is 17.2 Å². The Morgan fingerprint density at radius 1 is 0.946 bits per heavy atom. The summed E-state index contributed by atoms with van der Waals surface area (Å²) in [5, 5.41) is 13.1. The fourth-order valence-corrected chi connectivity index (χ4v) is 4.19. The predicted octanol–water partition coefficient (Wildman–Crippen LogP) is 5.76. The lowest BCUT2D eigenvalue weighted by atomic mass is 10.1. The van der Waals surface area contributed by atoms with Gasteiger partial charge in [0.25, 0.3) is 0 Å². The number of rotatable bonds is 11. The van der Waals surface area contributed by atoms with E-state index >= 15 is 0 Å². The summed E-state index contributed by atoms with van der Waals surface area (Å²) in [6, 6.07) is 19.1. The minimum Gasteiger partial charge on any atom is -0.508 e. The molecule has 2 N–H and O–H groups in total. The minimum atomic E-state index is -0.921. The van der Waals surface area contributed by atoms with Gasteiger partial charge in [-0.05, 0) is 87.2 Å². The number of carbonyl (C=O) groups is 2. The van der Waals surface area contributed by atoms with Crippen molar-refractivity contribution < 1.29 is 24.2 Å². The Morgan fingerprint density at radius 3 is 2.30 bits per heavy atom. The Labute approximate surface area is 219 Å². The molecule has 0 saturated heterocycles. The predicted molar refractivity (Wildman–Crippen MR) is 145 cm³/mol. The summed E-state index contributed by atoms with van der Waals surface area (Å²) in [6.07, 6.45) is 1.96.